The highest BCUT2D eigenvalue weighted by Gasteiger charge is 2.18. The summed E-state index contributed by atoms with van der Waals surface area (Å²) in [5.74, 6) is -0.421. The van der Waals surface area contributed by atoms with E-state index in [1.54, 1.807) is 23.6 Å². The van der Waals surface area contributed by atoms with Crippen molar-refractivity contribution in [1.29, 1.82) is 0 Å². The topological polar surface area (TPSA) is 32.9 Å². The molecule has 1 N–H and O–H groups in total. The van der Waals surface area contributed by atoms with Crippen molar-refractivity contribution < 1.29 is 9.18 Å². The van der Waals surface area contributed by atoms with Gasteiger partial charge >= 0.3 is 0 Å². The second-order valence-corrected chi connectivity index (χ2v) is 5.78. The van der Waals surface area contributed by atoms with Crippen molar-refractivity contribution in [3.63, 3.8) is 0 Å². The fraction of sp³-hybridized carbons (Fsp3) is 0. The number of benzene rings is 2. The van der Waals surface area contributed by atoms with Crippen LogP contribution in [0.15, 0.2) is 54.0 Å². The van der Waals surface area contributed by atoms with E-state index in [-0.39, 0.29) is 11.6 Å². The lowest BCUT2D eigenvalue weighted by Gasteiger charge is -1.99. The number of thiophene rings is 1. The average molecular weight is 295 g/mol. The average Bonchev–Trinajstić information content (AvgIpc) is 3.10. The van der Waals surface area contributed by atoms with Gasteiger partial charge in [-0.15, -0.1) is 11.3 Å². The molecule has 0 fully saturated rings. The fourth-order valence-electron chi connectivity index (χ4n) is 2.58. The van der Waals surface area contributed by atoms with Gasteiger partial charge in [0.1, 0.15) is 5.82 Å². The summed E-state index contributed by atoms with van der Waals surface area (Å²) in [6, 6.07) is 12.2. The summed E-state index contributed by atoms with van der Waals surface area (Å²) in [4.78, 5) is 15.8. The van der Waals surface area contributed by atoms with E-state index in [2.05, 4.69) is 4.98 Å². The van der Waals surface area contributed by atoms with Crippen LogP contribution in [0.4, 0.5) is 4.39 Å². The molecule has 0 aliphatic heterocycles. The molecule has 102 valence electrons. The van der Waals surface area contributed by atoms with Gasteiger partial charge in [-0.2, -0.15) is 0 Å². The lowest BCUT2D eigenvalue weighted by atomic mass is 10.0. The van der Waals surface area contributed by atoms with Gasteiger partial charge in [-0.05, 0) is 24.3 Å². The molecule has 0 amide bonds. The van der Waals surface area contributed by atoms with E-state index in [1.165, 1.54) is 12.1 Å². The zero-order valence-electron chi connectivity index (χ0n) is 10.9. The lowest BCUT2D eigenvalue weighted by molar-refractivity contribution is 0.104. The summed E-state index contributed by atoms with van der Waals surface area (Å²) in [7, 11) is 0. The molecule has 21 heavy (non-hydrogen) atoms. The molecular weight excluding hydrogens is 285 g/mol. The van der Waals surface area contributed by atoms with Crippen molar-refractivity contribution in [3.05, 3.63) is 71.0 Å². The van der Waals surface area contributed by atoms with Gasteiger partial charge in [0.25, 0.3) is 0 Å². The minimum absolute atomic E-state index is 0.0794. The zero-order valence-corrected chi connectivity index (χ0v) is 11.7. The highest BCUT2D eigenvalue weighted by Crippen LogP contribution is 2.29. The smallest absolute Gasteiger partial charge is 0.196 e. The van der Waals surface area contributed by atoms with Gasteiger partial charge in [0.15, 0.2) is 5.78 Å². The van der Waals surface area contributed by atoms with Gasteiger partial charge in [0, 0.05) is 43.7 Å². The highest BCUT2D eigenvalue weighted by atomic mass is 32.1. The first kappa shape index (κ1) is 12.3. The van der Waals surface area contributed by atoms with E-state index < -0.39 is 0 Å². The molecule has 0 aliphatic carbocycles. The molecule has 0 atom stereocenters. The van der Waals surface area contributed by atoms with E-state index >= 15 is 0 Å². The van der Waals surface area contributed by atoms with Crippen LogP contribution in [-0.2, 0) is 0 Å². The fourth-order valence-corrected chi connectivity index (χ4v) is 3.52. The number of carbonyl (C=O) groups excluding carboxylic acids is 1. The second kappa shape index (κ2) is 4.53. The Bertz CT molecular complexity index is 983. The third-order valence-electron chi connectivity index (χ3n) is 3.61. The summed E-state index contributed by atoms with van der Waals surface area (Å²) >= 11 is 1.54. The molecule has 4 rings (SSSR count). The van der Waals surface area contributed by atoms with Crippen LogP contribution in [-0.4, -0.2) is 10.8 Å². The summed E-state index contributed by atoms with van der Waals surface area (Å²) in [5.41, 5.74) is 1.94. The minimum atomic E-state index is -0.341. The van der Waals surface area contributed by atoms with Gasteiger partial charge in [0.2, 0.25) is 0 Å². The van der Waals surface area contributed by atoms with Crippen LogP contribution in [0.2, 0.25) is 0 Å². The molecule has 0 bridgehead atoms. The maximum absolute atomic E-state index is 13.4. The van der Waals surface area contributed by atoms with Gasteiger partial charge < -0.3 is 4.98 Å². The Kier molecular flexibility index (Phi) is 2.65. The summed E-state index contributed by atoms with van der Waals surface area (Å²) < 4.78 is 14.5. The van der Waals surface area contributed by atoms with Crippen LogP contribution in [0.25, 0.3) is 21.0 Å². The Hall–Kier alpha value is -2.46. The Morgan fingerprint density at radius 1 is 1.05 bits per heavy atom. The Balaban J connectivity index is 1.92. The van der Waals surface area contributed by atoms with Gasteiger partial charge in [0.05, 0.1) is 0 Å². The van der Waals surface area contributed by atoms with Crippen molar-refractivity contribution in [3.8, 4) is 0 Å². The van der Waals surface area contributed by atoms with E-state index in [0.717, 1.165) is 15.6 Å². The van der Waals surface area contributed by atoms with Crippen molar-refractivity contribution in [2.45, 2.75) is 0 Å². The molecule has 0 radical (unpaired) electrons. The Morgan fingerprint density at radius 2 is 1.90 bits per heavy atom. The van der Waals surface area contributed by atoms with Crippen molar-refractivity contribution in [1.82, 2.24) is 4.98 Å². The first-order chi connectivity index (χ1) is 10.2. The number of carbonyl (C=O) groups is 1. The molecule has 0 aliphatic rings. The zero-order chi connectivity index (χ0) is 14.4. The number of aromatic nitrogens is 1. The van der Waals surface area contributed by atoms with Crippen LogP contribution in [0.3, 0.4) is 0 Å². The van der Waals surface area contributed by atoms with Crippen molar-refractivity contribution >= 4 is 38.1 Å². The summed E-state index contributed by atoms with van der Waals surface area (Å²) in [6.45, 7) is 0. The highest BCUT2D eigenvalue weighted by molar-refractivity contribution is 7.17. The molecule has 0 unspecified atom stereocenters. The maximum atomic E-state index is 13.4. The van der Waals surface area contributed by atoms with Crippen LogP contribution in [0.1, 0.15) is 15.9 Å². The molecule has 2 aromatic carbocycles. The quantitative estimate of drug-likeness (QED) is 0.532. The van der Waals surface area contributed by atoms with E-state index in [0.29, 0.717) is 16.5 Å². The number of hydrogen-bond acceptors (Lipinski definition) is 2. The number of fused-ring (bicyclic) bond motifs is 2. The molecule has 4 aromatic rings. The number of aromatic amines is 1. The largest absolute Gasteiger partial charge is 0.360 e. The van der Waals surface area contributed by atoms with E-state index in [4.69, 9.17) is 0 Å². The molecule has 0 saturated carbocycles. The number of H-pyrrole nitrogens is 1. The lowest BCUT2D eigenvalue weighted by Crippen LogP contribution is -1.99. The van der Waals surface area contributed by atoms with Gasteiger partial charge in [-0.25, -0.2) is 4.39 Å². The van der Waals surface area contributed by atoms with Crippen molar-refractivity contribution in [2.75, 3.05) is 0 Å². The first-order valence-corrected chi connectivity index (χ1v) is 7.39. The number of hydrogen-bond donors (Lipinski definition) is 1. The minimum Gasteiger partial charge on any atom is -0.360 e. The van der Waals surface area contributed by atoms with Crippen LogP contribution < -0.4 is 0 Å². The number of ketones is 1. The van der Waals surface area contributed by atoms with Crippen LogP contribution >= 0.6 is 11.3 Å². The summed E-state index contributed by atoms with van der Waals surface area (Å²) in [5, 5.41) is 3.43. The molecule has 4 heteroatoms. The number of halogens is 1. The van der Waals surface area contributed by atoms with Crippen molar-refractivity contribution in [2.24, 2.45) is 0 Å². The predicted octanol–water partition coefficient (Wildman–Crippen LogP) is 4.75. The maximum Gasteiger partial charge on any atom is 0.196 e. The van der Waals surface area contributed by atoms with Crippen LogP contribution in [0, 0.1) is 5.82 Å². The van der Waals surface area contributed by atoms with E-state index in [9.17, 15) is 9.18 Å². The third kappa shape index (κ3) is 1.87. The Morgan fingerprint density at radius 3 is 2.81 bits per heavy atom. The third-order valence-corrected chi connectivity index (χ3v) is 4.58. The van der Waals surface area contributed by atoms with Gasteiger partial charge in [-0.3, -0.25) is 4.79 Å². The molecular formula is C17H10FNOS. The Labute approximate surface area is 123 Å². The predicted molar refractivity (Wildman–Crippen MR) is 83.5 cm³/mol. The monoisotopic (exact) mass is 295 g/mol. The van der Waals surface area contributed by atoms with Gasteiger partial charge in [-0.1, -0.05) is 18.2 Å². The van der Waals surface area contributed by atoms with Crippen LogP contribution in [0.5, 0.6) is 0 Å². The molecule has 2 heterocycles. The normalized spacial score (nSPS) is 11.3. The first-order valence-electron chi connectivity index (χ1n) is 6.51. The molecule has 0 saturated heterocycles. The number of nitrogens with one attached hydrogen (secondary N) is 1. The molecule has 0 spiro atoms. The SMILES string of the molecule is O=C(c1c[nH]c2ccc(F)cc12)c1csc2ccccc12. The summed E-state index contributed by atoms with van der Waals surface area (Å²) in [6.07, 6.45) is 1.65. The van der Waals surface area contributed by atoms with E-state index in [1.807, 2.05) is 29.6 Å². The number of rotatable bonds is 2. The molecule has 2 aromatic heterocycles. The second-order valence-electron chi connectivity index (χ2n) is 4.87. The standard InChI is InChI=1S/C17H10FNOS/c18-10-5-6-15-12(7-10)13(8-19-15)17(20)14-9-21-16-4-2-1-3-11(14)16/h1-9,19H. The molecule has 2 nitrogen and oxygen atoms in total.